The molecule has 9 nitrogen and oxygen atoms in total. The summed E-state index contributed by atoms with van der Waals surface area (Å²) < 4.78 is 58.2. The van der Waals surface area contributed by atoms with E-state index in [2.05, 4.69) is 5.32 Å². The first kappa shape index (κ1) is 25.9. The number of benzene rings is 2. The van der Waals surface area contributed by atoms with E-state index >= 15 is 0 Å². The van der Waals surface area contributed by atoms with E-state index in [1.165, 1.54) is 41.7 Å². The molecule has 1 aliphatic rings. The maximum Gasteiger partial charge on any atom is 0.244 e. The molecule has 1 amide bonds. The molecule has 0 unspecified atom stereocenters. The lowest BCUT2D eigenvalue weighted by Crippen LogP contribution is -2.40. The molecule has 0 aromatic heterocycles. The van der Waals surface area contributed by atoms with Crippen LogP contribution in [0.3, 0.4) is 0 Å². The van der Waals surface area contributed by atoms with Crippen LogP contribution < -0.4 is 5.32 Å². The van der Waals surface area contributed by atoms with Gasteiger partial charge in [-0.1, -0.05) is 35.3 Å². The number of likely N-dealkylation sites (N-methyl/N-ethyl adjacent to an activating group) is 1. The van der Waals surface area contributed by atoms with E-state index in [0.29, 0.717) is 31.9 Å². The monoisotopic (exact) mass is 535 g/mol. The Labute approximate surface area is 203 Å². The van der Waals surface area contributed by atoms with Crippen LogP contribution in [0.1, 0.15) is 5.56 Å². The number of carbonyl (C=O) groups excluding carboxylic acids is 1. The molecular weight excluding hydrogens is 513 g/mol. The van der Waals surface area contributed by atoms with Crippen LogP contribution in [-0.4, -0.2) is 71.2 Å². The number of morpholine rings is 1. The van der Waals surface area contributed by atoms with Gasteiger partial charge in [-0.2, -0.15) is 8.61 Å². The highest BCUT2D eigenvalue weighted by Crippen LogP contribution is 2.27. The Morgan fingerprint density at radius 3 is 2.33 bits per heavy atom. The average Bonchev–Trinajstić information content (AvgIpc) is 2.80. The van der Waals surface area contributed by atoms with Gasteiger partial charge < -0.3 is 10.1 Å². The molecule has 0 bridgehead atoms. The minimum atomic E-state index is -4.03. The second kappa shape index (κ2) is 10.7. The Balaban J connectivity index is 1.59. The van der Waals surface area contributed by atoms with Gasteiger partial charge in [-0.3, -0.25) is 4.79 Å². The molecule has 1 aliphatic heterocycles. The molecule has 2 aromatic rings. The number of amides is 1. The number of ether oxygens (including phenoxy) is 1. The molecule has 0 saturated carbocycles. The van der Waals surface area contributed by atoms with Crippen LogP contribution in [0, 0.1) is 0 Å². The standard InChI is InChI=1S/C20H23Cl2N3O6S2/c1-24(33(29,30)19-12-16(21)4-7-18(19)22)14-20(26)23-13-15-2-5-17(6-3-15)32(27,28)25-8-10-31-11-9-25/h2-7,12H,8-11,13-14H2,1H3,(H,23,26). The third kappa shape index (κ3) is 6.24. The summed E-state index contributed by atoms with van der Waals surface area (Å²) in [7, 11) is -6.37. The Hall–Kier alpha value is -1.73. The fraction of sp³-hybridized carbons (Fsp3) is 0.350. The van der Waals surface area contributed by atoms with Gasteiger partial charge in [0.1, 0.15) is 4.90 Å². The smallest absolute Gasteiger partial charge is 0.244 e. The number of carbonyl (C=O) groups is 1. The van der Waals surface area contributed by atoms with Gasteiger partial charge in [0.15, 0.2) is 0 Å². The zero-order chi connectivity index (χ0) is 24.2. The minimum absolute atomic E-state index is 0.00113. The van der Waals surface area contributed by atoms with Crippen molar-refractivity contribution < 1.29 is 26.4 Å². The lowest BCUT2D eigenvalue weighted by molar-refractivity contribution is -0.121. The van der Waals surface area contributed by atoms with Gasteiger partial charge in [0.05, 0.1) is 29.7 Å². The molecule has 180 valence electrons. The summed E-state index contributed by atoms with van der Waals surface area (Å²) in [6.07, 6.45) is 0. The largest absolute Gasteiger partial charge is 0.379 e. The molecule has 0 atom stereocenters. The van der Waals surface area contributed by atoms with Gasteiger partial charge in [-0.15, -0.1) is 0 Å². The van der Waals surface area contributed by atoms with E-state index in [-0.39, 0.29) is 26.4 Å². The Kier molecular flexibility index (Phi) is 8.38. The first-order chi connectivity index (χ1) is 15.5. The number of nitrogens with zero attached hydrogens (tertiary/aromatic N) is 2. The van der Waals surface area contributed by atoms with Crippen LogP contribution in [0.15, 0.2) is 52.3 Å². The Morgan fingerprint density at radius 1 is 1.06 bits per heavy atom. The van der Waals surface area contributed by atoms with Crippen molar-refractivity contribution in [2.45, 2.75) is 16.3 Å². The summed E-state index contributed by atoms with van der Waals surface area (Å²) in [5.41, 5.74) is 0.660. The molecule has 0 radical (unpaired) electrons. The van der Waals surface area contributed by atoms with Crippen molar-refractivity contribution in [2.75, 3.05) is 39.9 Å². The molecule has 0 aliphatic carbocycles. The number of hydrogen-bond donors (Lipinski definition) is 1. The summed E-state index contributed by atoms with van der Waals surface area (Å²) in [6, 6.07) is 10.2. The quantitative estimate of drug-likeness (QED) is 0.552. The summed E-state index contributed by atoms with van der Waals surface area (Å²) in [5.74, 6) is -0.538. The van der Waals surface area contributed by atoms with Gasteiger partial charge in [-0.25, -0.2) is 16.8 Å². The van der Waals surface area contributed by atoms with Gasteiger partial charge >= 0.3 is 0 Å². The third-order valence-corrected chi connectivity index (χ3v) is 9.40. The minimum Gasteiger partial charge on any atom is -0.379 e. The van der Waals surface area contributed by atoms with Crippen molar-refractivity contribution >= 4 is 49.2 Å². The predicted molar refractivity (Wildman–Crippen MR) is 124 cm³/mol. The molecule has 1 saturated heterocycles. The highest BCUT2D eigenvalue weighted by atomic mass is 35.5. The second-order valence-electron chi connectivity index (χ2n) is 7.27. The average molecular weight is 536 g/mol. The lowest BCUT2D eigenvalue weighted by atomic mass is 10.2. The maximum absolute atomic E-state index is 12.7. The number of nitrogens with one attached hydrogen (secondary N) is 1. The van der Waals surface area contributed by atoms with E-state index in [0.717, 1.165) is 4.31 Å². The summed E-state index contributed by atoms with van der Waals surface area (Å²) >= 11 is 11.8. The van der Waals surface area contributed by atoms with Crippen molar-refractivity contribution in [3.8, 4) is 0 Å². The third-order valence-electron chi connectivity index (χ3n) is 4.97. The zero-order valence-electron chi connectivity index (χ0n) is 17.7. The molecule has 1 N–H and O–H groups in total. The van der Waals surface area contributed by atoms with Crippen LogP contribution in [0.5, 0.6) is 0 Å². The fourth-order valence-corrected chi connectivity index (χ4v) is 6.37. The van der Waals surface area contributed by atoms with Crippen LogP contribution >= 0.6 is 23.2 Å². The van der Waals surface area contributed by atoms with Gasteiger partial charge in [0, 0.05) is 31.7 Å². The molecule has 33 heavy (non-hydrogen) atoms. The van der Waals surface area contributed by atoms with Crippen LogP contribution in [0.4, 0.5) is 0 Å². The van der Waals surface area contributed by atoms with E-state index in [1.54, 1.807) is 12.1 Å². The van der Waals surface area contributed by atoms with E-state index in [1.807, 2.05) is 0 Å². The molecule has 1 heterocycles. The molecule has 0 spiro atoms. The lowest BCUT2D eigenvalue weighted by Gasteiger charge is -2.26. The van der Waals surface area contributed by atoms with Gasteiger partial charge in [0.2, 0.25) is 26.0 Å². The number of sulfonamides is 2. The Bertz CT molecular complexity index is 1210. The van der Waals surface area contributed by atoms with E-state index in [9.17, 15) is 21.6 Å². The van der Waals surface area contributed by atoms with Crippen LogP contribution in [-0.2, 0) is 36.1 Å². The van der Waals surface area contributed by atoms with E-state index in [4.69, 9.17) is 27.9 Å². The van der Waals surface area contributed by atoms with Crippen molar-refractivity contribution in [3.63, 3.8) is 0 Å². The fourth-order valence-electron chi connectivity index (χ4n) is 3.10. The van der Waals surface area contributed by atoms with Crippen molar-refractivity contribution in [1.29, 1.82) is 0 Å². The molecule has 2 aromatic carbocycles. The maximum atomic E-state index is 12.7. The Morgan fingerprint density at radius 2 is 1.70 bits per heavy atom. The number of hydrogen-bond acceptors (Lipinski definition) is 6. The summed E-state index contributed by atoms with van der Waals surface area (Å²) in [6.45, 7) is 0.985. The highest BCUT2D eigenvalue weighted by Gasteiger charge is 2.27. The van der Waals surface area contributed by atoms with Crippen molar-refractivity contribution in [2.24, 2.45) is 0 Å². The first-order valence-corrected chi connectivity index (χ1v) is 13.5. The molecule has 13 heteroatoms. The molecular formula is C20H23Cl2N3O6S2. The summed E-state index contributed by atoms with van der Waals surface area (Å²) in [5, 5.41) is 2.82. The predicted octanol–water partition coefficient (Wildman–Crippen LogP) is 1.95. The molecule has 1 fully saturated rings. The molecule has 3 rings (SSSR count). The van der Waals surface area contributed by atoms with Crippen molar-refractivity contribution in [3.05, 3.63) is 58.1 Å². The zero-order valence-corrected chi connectivity index (χ0v) is 20.8. The normalized spacial score (nSPS) is 15.5. The van der Waals surface area contributed by atoms with Crippen LogP contribution in [0.25, 0.3) is 0 Å². The van der Waals surface area contributed by atoms with Crippen LogP contribution in [0.2, 0.25) is 10.0 Å². The number of halogens is 2. The highest BCUT2D eigenvalue weighted by molar-refractivity contribution is 7.89. The summed E-state index contributed by atoms with van der Waals surface area (Å²) in [4.78, 5) is 12.3. The second-order valence-corrected chi connectivity index (χ2v) is 12.1. The number of rotatable bonds is 8. The van der Waals surface area contributed by atoms with Crippen molar-refractivity contribution in [1.82, 2.24) is 13.9 Å². The first-order valence-electron chi connectivity index (χ1n) is 9.87. The van der Waals surface area contributed by atoms with Gasteiger partial charge in [0.25, 0.3) is 0 Å². The van der Waals surface area contributed by atoms with Gasteiger partial charge in [-0.05, 0) is 35.9 Å². The topological polar surface area (TPSA) is 113 Å². The van der Waals surface area contributed by atoms with E-state index < -0.39 is 32.5 Å². The SMILES string of the molecule is CN(CC(=O)NCc1ccc(S(=O)(=O)N2CCOCC2)cc1)S(=O)(=O)c1cc(Cl)ccc1Cl.